The van der Waals surface area contributed by atoms with Crippen LogP contribution in [0.15, 0.2) is 0 Å². The third-order valence-electron chi connectivity index (χ3n) is 2.85. The summed E-state index contributed by atoms with van der Waals surface area (Å²) in [6, 6.07) is 0. The van der Waals surface area contributed by atoms with Crippen LogP contribution in [-0.4, -0.2) is 55.9 Å². The van der Waals surface area contributed by atoms with E-state index in [9.17, 15) is 19.5 Å². The molecule has 0 saturated carbocycles. The number of carbonyl (C=O) groups is 3. The minimum Gasteiger partial charge on any atom is -0.467 e. The van der Waals surface area contributed by atoms with Crippen molar-refractivity contribution in [1.29, 1.82) is 0 Å². The van der Waals surface area contributed by atoms with Crippen molar-refractivity contribution in [2.24, 2.45) is 5.41 Å². The first-order chi connectivity index (χ1) is 8.91. The monoisotopic (exact) mass is 274 g/mol. The van der Waals surface area contributed by atoms with Crippen molar-refractivity contribution < 1.29 is 33.7 Å². The molecule has 0 aliphatic carbocycles. The number of rotatable bonds is 2. The second-order valence-electron chi connectivity index (χ2n) is 4.81. The highest BCUT2D eigenvalue weighted by atomic mass is 16.6. The van der Waals surface area contributed by atoms with Gasteiger partial charge in [0.2, 0.25) is 6.10 Å². The summed E-state index contributed by atoms with van der Waals surface area (Å²) in [5.74, 6) is -1.89. The highest BCUT2D eigenvalue weighted by Crippen LogP contribution is 2.20. The van der Waals surface area contributed by atoms with Crippen LogP contribution in [0.1, 0.15) is 19.8 Å². The van der Waals surface area contributed by atoms with Crippen molar-refractivity contribution in [1.82, 2.24) is 0 Å². The van der Waals surface area contributed by atoms with Crippen molar-refractivity contribution in [2.45, 2.75) is 25.9 Å². The third kappa shape index (κ3) is 4.29. The minimum atomic E-state index is -1.36. The van der Waals surface area contributed by atoms with E-state index in [1.54, 1.807) is 6.92 Å². The lowest BCUT2D eigenvalue weighted by Gasteiger charge is -2.29. The van der Waals surface area contributed by atoms with E-state index in [4.69, 9.17) is 9.47 Å². The molecule has 7 nitrogen and oxygen atoms in total. The van der Waals surface area contributed by atoms with Gasteiger partial charge in [-0.25, -0.2) is 4.79 Å². The Labute approximate surface area is 110 Å². The summed E-state index contributed by atoms with van der Waals surface area (Å²) in [4.78, 5) is 34.6. The van der Waals surface area contributed by atoms with Crippen LogP contribution in [-0.2, 0) is 28.6 Å². The summed E-state index contributed by atoms with van der Waals surface area (Å²) >= 11 is 0. The number of methoxy groups -OCH3 is 1. The lowest BCUT2D eigenvalue weighted by Crippen LogP contribution is -2.42. The average molecular weight is 274 g/mol. The van der Waals surface area contributed by atoms with E-state index in [1.165, 1.54) is 0 Å². The van der Waals surface area contributed by atoms with Crippen LogP contribution in [0.25, 0.3) is 0 Å². The maximum Gasteiger partial charge on any atom is 0.342 e. The van der Waals surface area contributed by atoms with Crippen LogP contribution in [0.4, 0.5) is 0 Å². The number of aliphatic hydroxyl groups excluding tert-OH is 1. The van der Waals surface area contributed by atoms with Crippen LogP contribution in [0.3, 0.4) is 0 Å². The standard InChI is InChI=1S/C12H18O7/c1-12(5-13)6-18-9(15)4-3-8(14)10(19-7-12)11(16)17-2/h10,13H,3-7H2,1-2H3. The number of aliphatic hydroxyl groups is 1. The van der Waals surface area contributed by atoms with Gasteiger partial charge in [0, 0.05) is 11.8 Å². The Kier molecular flexibility index (Phi) is 5.44. The molecule has 1 aliphatic rings. The molecule has 0 amide bonds. The number of cyclic esters (lactones) is 1. The molecule has 1 rings (SSSR count). The summed E-state index contributed by atoms with van der Waals surface area (Å²) in [5, 5.41) is 9.29. The molecular formula is C12H18O7. The molecule has 2 unspecified atom stereocenters. The van der Waals surface area contributed by atoms with Gasteiger partial charge in [-0.05, 0) is 0 Å². The average Bonchev–Trinajstić information content (AvgIpc) is 2.42. The Balaban J connectivity index is 2.86. The van der Waals surface area contributed by atoms with Gasteiger partial charge >= 0.3 is 11.9 Å². The van der Waals surface area contributed by atoms with E-state index in [-0.39, 0.29) is 32.7 Å². The summed E-state index contributed by atoms with van der Waals surface area (Å²) in [6.07, 6.45) is -1.63. The van der Waals surface area contributed by atoms with Gasteiger partial charge in [-0.3, -0.25) is 9.59 Å². The Morgan fingerprint density at radius 1 is 1.42 bits per heavy atom. The van der Waals surface area contributed by atoms with E-state index in [1.807, 2.05) is 0 Å². The van der Waals surface area contributed by atoms with Crippen molar-refractivity contribution >= 4 is 17.7 Å². The molecule has 1 saturated heterocycles. The highest BCUT2D eigenvalue weighted by Gasteiger charge is 2.35. The fourth-order valence-electron chi connectivity index (χ4n) is 1.50. The van der Waals surface area contributed by atoms with Crippen LogP contribution < -0.4 is 0 Å². The molecule has 0 aromatic carbocycles. The number of hydrogen-bond acceptors (Lipinski definition) is 7. The fourth-order valence-corrected chi connectivity index (χ4v) is 1.50. The first-order valence-electron chi connectivity index (χ1n) is 5.90. The molecule has 0 spiro atoms. The first-order valence-corrected chi connectivity index (χ1v) is 5.90. The molecule has 0 bridgehead atoms. The zero-order chi connectivity index (χ0) is 14.5. The van der Waals surface area contributed by atoms with Crippen LogP contribution >= 0.6 is 0 Å². The maximum absolute atomic E-state index is 11.8. The van der Waals surface area contributed by atoms with E-state index in [0.29, 0.717) is 0 Å². The summed E-state index contributed by atoms with van der Waals surface area (Å²) in [6.45, 7) is 1.19. The Morgan fingerprint density at radius 2 is 2.11 bits per heavy atom. The van der Waals surface area contributed by atoms with Gasteiger partial charge in [0.1, 0.15) is 6.61 Å². The molecule has 108 valence electrons. The lowest BCUT2D eigenvalue weighted by atomic mass is 9.94. The molecule has 0 radical (unpaired) electrons. The first kappa shape index (κ1) is 15.6. The number of hydrogen-bond donors (Lipinski definition) is 1. The van der Waals surface area contributed by atoms with E-state index in [2.05, 4.69) is 4.74 Å². The second kappa shape index (κ2) is 6.63. The topological polar surface area (TPSA) is 99.1 Å². The molecular weight excluding hydrogens is 256 g/mol. The summed E-state index contributed by atoms with van der Waals surface area (Å²) in [7, 11) is 1.15. The molecule has 1 heterocycles. The van der Waals surface area contributed by atoms with Gasteiger partial charge in [0.25, 0.3) is 0 Å². The van der Waals surface area contributed by atoms with E-state index < -0.39 is 29.2 Å². The predicted octanol–water partition coefficient (Wildman–Crippen LogP) is -0.551. The van der Waals surface area contributed by atoms with Gasteiger partial charge in [0.15, 0.2) is 5.78 Å². The van der Waals surface area contributed by atoms with Crippen molar-refractivity contribution in [3.63, 3.8) is 0 Å². The number of ether oxygens (including phenoxy) is 3. The molecule has 7 heteroatoms. The Bertz CT molecular complexity index is 365. The predicted molar refractivity (Wildman–Crippen MR) is 62.1 cm³/mol. The van der Waals surface area contributed by atoms with Crippen LogP contribution in [0.5, 0.6) is 0 Å². The quantitative estimate of drug-likeness (QED) is 0.532. The van der Waals surface area contributed by atoms with Gasteiger partial charge in [-0.15, -0.1) is 0 Å². The highest BCUT2D eigenvalue weighted by molar-refractivity contribution is 6.02. The van der Waals surface area contributed by atoms with Gasteiger partial charge in [0.05, 0.1) is 26.7 Å². The summed E-state index contributed by atoms with van der Waals surface area (Å²) in [5.41, 5.74) is -0.862. The number of ketones is 1. The zero-order valence-electron chi connectivity index (χ0n) is 11.0. The SMILES string of the molecule is COC(=O)C1OCC(C)(CO)COC(=O)CCC1=O. The van der Waals surface area contributed by atoms with Gasteiger partial charge in [-0.2, -0.15) is 0 Å². The largest absolute Gasteiger partial charge is 0.467 e. The minimum absolute atomic E-state index is 0.0373. The van der Waals surface area contributed by atoms with Crippen LogP contribution in [0, 0.1) is 5.41 Å². The second-order valence-corrected chi connectivity index (χ2v) is 4.81. The van der Waals surface area contributed by atoms with E-state index in [0.717, 1.165) is 7.11 Å². The lowest BCUT2D eigenvalue weighted by molar-refractivity contribution is -0.169. The van der Waals surface area contributed by atoms with Crippen molar-refractivity contribution in [3.8, 4) is 0 Å². The molecule has 0 aromatic rings. The fraction of sp³-hybridized carbons (Fsp3) is 0.750. The molecule has 19 heavy (non-hydrogen) atoms. The molecule has 1 N–H and O–H groups in total. The van der Waals surface area contributed by atoms with Crippen molar-refractivity contribution in [3.05, 3.63) is 0 Å². The smallest absolute Gasteiger partial charge is 0.342 e. The van der Waals surface area contributed by atoms with Crippen molar-refractivity contribution in [2.75, 3.05) is 26.9 Å². The number of carbonyl (C=O) groups excluding carboxylic acids is 3. The third-order valence-corrected chi connectivity index (χ3v) is 2.85. The maximum atomic E-state index is 11.8. The van der Waals surface area contributed by atoms with Gasteiger partial charge < -0.3 is 19.3 Å². The molecule has 2 atom stereocenters. The molecule has 0 aromatic heterocycles. The van der Waals surface area contributed by atoms with E-state index >= 15 is 0 Å². The van der Waals surface area contributed by atoms with Gasteiger partial charge in [-0.1, -0.05) is 6.92 Å². The number of esters is 2. The Hall–Kier alpha value is -1.47. The molecule has 1 aliphatic heterocycles. The molecule has 1 fully saturated rings. The number of Topliss-reactive ketones (excluding diaryl/α,β-unsaturated/α-hetero) is 1. The summed E-state index contributed by atoms with van der Waals surface area (Å²) < 4.78 is 14.7. The normalized spacial score (nSPS) is 29.5. The van der Waals surface area contributed by atoms with Crippen LogP contribution in [0.2, 0.25) is 0 Å². The Morgan fingerprint density at radius 3 is 2.68 bits per heavy atom. The zero-order valence-corrected chi connectivity index (χ0v) is 11.0.